The molecule has 1 fully saturated rings. The fraction of sp³-hybridized carbons (Fsp3) is 0.667. The number of hydrogen-bond acceptors (Lipinski definition) is 4. The quantitative estimate of drug-likeness (QED) is 0.408. The summed E-state index contributed by atoms with van der Waals surface area (Å²) in [4.78, 5) is 10.7. The predicted molar refractivity (Wildman–Crippen MR) is 99.0 cm³/mol. The van der Waals surface area contributed by atoms with E-state index in [1.54, 1.807) is 0 Å². The third kappa shape index (κ3) is 6.57. The van der Waals surface area contributed by atoms with Gasteiger partial charge < -0.3 is 15.4 Å². The Hall–Kier alpha value is -2.03. The van der Waals surface area contributed by atoms with Crippen molar-refractivity contribution in [2.24, 2.45) is 4.99 Å². The van der Waals surface area contributed by atoms with Crippen LogP contribution in [0.5, 0.6) is 5.88 Å². The van der Waals surface area contributed by atoms with Crippen LogP contribution in [0.2, 0.25) is 0 Å². The lowest BCUT2D eigenvalue weighted by molar-refractivity contribution is -0.139. The van der Waals surface area contributed by atoms with Crippen LogP contribution in [0.1, 0.15) is 32.3 Å². The zero-order chi connectivity index (χ0) is 19.7. The van der Waals surface area contributed by atoms with Gasteiger partial charge in [0.05, 0.1) is 13.1 Å². The van der Waals surface area contributed by atoms with Gasteiger partial charge in [-0.05, 0) is 45.0 Å². The summed E-state index contributed by atoms with van der Waals surface area (Å²) in [7, 11) is 0. The molecule has 2 heterocycles. The largest absolute Gasteiger partial charge is 0.475 e. The number of guanidine groups is 1. The molecule has 2 N–H and O–H groups in total. The highest BCUT2D eigenvalue weighted by Gasteiger charge is 2.35. The van der Waals surface area contributed by atoms with Gasteiger partial charge in [0.15, 0.2) is 5.96 Å². The first kappa shape index (κ1) is 21.3. The summed E-state index contributed by atoms with van der Waals surface area (Å²) in [6, 6.07) is 2.65. The second-order valence-corrected chi connectivity index (χ2v) is 6.27. The Kier molecular flexibility index (Phi) is 8.15. The molecule has 2 rings (SSSR count). The normalized spacial score (nSPS) is 18.6. The molecule has 1 aliphatic rings. The van der Waals surface area contributed by atoms with Gasteiger partial charge >= 0.3 is 6.18 Å². The lowest BCUT2D eigenvalue weighted by Gasteiger charge is -2.21. The maximum atomic E-state index is 12.9. The summed E-state index contributed by atoms with van der Waals surface area (Å²) in [6.45, 7) is 8.01. The summed E-state index contributed by atoms with van der Waals surface area (Å²) in [6.07, 6.45) is -0.873. The number of aromatic nitrogens is 1. The molecule has 1 aromatic rings. The summed E-state index contributed by atoms with van der Waals surface area (Å²) in [5.74, 6) is 0.236. The van der Waals surface area contributed by atoms with Crippen molar-refractivity contribution < 1.29 is 17.9 Å². The summed E-state index contributed by atoms with van der Waals surface area (Å²) in [5.41, 5.74) is -0.869. The molecule has 1 unspecified atom stereocenters. The van der Waals surface area contributed by atoms with Gasteiger partial charge in [-0.1, -0.05) is 6.92 Å². The molecular formula is C18H28F3N5O. The molecule has 1 aromatic heterocycles. The van der Waals surface area contributed by atoms with E-state index in [2.05, 4.69) is 32.4 Å². The van der Waals surface area contributed by atoms with Crippen molar-refractivity contribution in [1.29, 1.82) is 0 Å². The van der Waals surface area contributed by atoms with Gasteiger partial charge in [0.1, 0.15) is 12.2 Å². The molecule has 27 heavy (non-hydrogen) atoms. The standard InChI is InChI=1S/C18H28F3N5O/c1-3-22-17(25-13-14-7-6-11-26(14)4-2)24-10-12-27-16-15(18(19,20)21)8-5-9-23-16/h5,8-9,14H,3-4,6-7,10-13H2,1-2H3,(H2,22,24,25). The minimum atomic E-state index is -4.49. The van der Waals surface area contributed by atoms with Crippen molar-refractivity contribution in [2.45, 2.75) is 38.9 Å². The van der Waals surface area contributed by atoms with Gasteiger partial charge in [-0.25, -0.2) is 4.98 Å². The van der Waals surface area contributed by atoms with Crippen LogP contribution >= 0.6 is 0 Å². The average molecular weight is 387 g/mol. The number of likely N-dealkylation sites (N-methyl/N-ethyl adjacent to an activating group) is 1. The fourth-order valence-corrected chi connectivity index (χ4v) is 3.10. The van der Waals surface area contributed by atoms with Gasteiger partial charge in [-0.2, -0.15) is 13.2 Å². The Morgan fingerprint density at radius 3 is 2.89 bits per heavy atom. The van der Waals surface area contributed by atoms with Crippen molar-refractivity contribution >= 4 is 5.96 Å². The molecule has 1 saturated heterocycles. The maximum Gasteiger partial charge on any atom is 0.421 e. The summed E-state index contributed by atoms with van der Waals surface area (Å²) >= 11 is 0. The van der Waals surface area contributed by atoms with E-state index in [0.29, 0.717) is 31.6 Å². The van der Waals surface area contributed by atoms with Gasteiger partial charge in [0, 0.05) is 18.8 Å². The topological polar surface area (TPSA) is 61.8 Å². The second kappa shape index (κ2) is 10.3. The zero-order valence-corrected chi connectivity index (χ0v) is 15.9. The van der Waals surface area contributed by atoms with Gasteiger partial charge in [0.2, 0.25) is 5.88 Å². The van der Waals surface area contributed by atoms with Gasteiger partial charge in [0.25, 0.3) is 0 Å². The number of hydrogen-bond donors (Lipinski definition) is 2. The van der Waals surface area contributed by atoms with Crippen molar-refractivity contribution in [3.63, 3.8) is 0 Å². The molecule has 0 radical (unpaired) electrons. The predicted octanol–water partition coefficient (Wildman–Crippen LogP) is 2.52. The highest BCUT2D eigenvalue weighted by molar-refractivity contribution is 5.79. The Balaban J connectivity index is 1.84. The minimum absolute atomic E-state index is 0.0506. The van der Waals surface area contributed by atoms with Gasteiger partial charge in [-0.15, -0.1) is 0 Å². The summed E-state index contributed by atoms with van der Waals surface area (Å²) < 4.78 is 44.0. The number of aliphatic imine (C=N–C) groups is 1. The fourth-order valence-electron chi connectivity index (χ4n) is 3.10. The maximum absolute atomic E-state index is 12.9. The van der Waals surface area contributed by atoms with Crippen LogP contribution in [0.25, 0.3) is 0 Å². The Bertz CT molecular complexity index is 609. The summed E-state index contributed by atoms with van der Waals surface area (Å²) in [5, 5.41) is 6.24. The van der Waals surface area contributed by atoms with Crippen LogP contribution in [0, 0.1) is 0 Å². The lowest BCUT2D eigenvalue weighted by Crippen LogP contribution is -2.40. The molecule has 0 bridgehead atoms. The first-order valence-electron chi connectivity index (χ1n) is 9.37. The first-order chi connectivity index (χ1) is 13.0. The van der Waals surface area contributed by atoms with E-state index in [1.807, 2.05) is 6.92 Å². The Morgan fingerprint density at radius 2 is 2.19 bits per heavy atom. The molecule has 1 aliphatic heterocycles. The Labute approximate surface area is 158 Å². The second-order valence-electron chi connectivity index (χ2n) is 6.27. The van der Waals surface area contributed by atoms with E-state index < -0.39 is 17.6 Å². The van der Waals surface area contributed by atoms with E-state index in [4.69, 9.17) is 4.74 Å². The smallest absolute Gasteiger partial charge is 0.421 e. The number of likely N-dealkylation sites (tertiary alicyclic amines) is 1. The van der Waals surface area contributed by atoms with Crippen molar-refractivity contribution in [3.05, 3.63) is 23.9 Å². The number of alkyl halides is 3. The molecule has 0 amide bonds. The van der Waals surface area contributed by atoms with E-state index in [0.717, 1.165) is 25.6 Å². The van der Waals surface area contributed by atoms with Crippen LogP contribution in [0.4, 0.5) is 13.2 Å². The number of halogens is 3. The van der Waals surface area contributed by atoms with Crippen LogP contribution in [-0.2, 0) is 6.18 Å². The SMILES string of the molecule is CCNC(=NCC1CCCN1CC)NCCOc1ncccc1C(F)(F)F. The number of nitrogens with zero attached hydrogens (tertiary/aromatic N) is 3. The van der Waals surface area contributed by atoms with E-state index in [9.17, 15) is 13.2 Å². The minimum Gasteiger partial charge on any atom is -0.475 e. The average Bonchev–Trinajstić information content (AvgIpc) is 3.10. The van der Waals surface area contributed by atoms with Crippen molar-refractivity contribution in [1.82, 2.24) is 20.5 Å². The molecule has 6 nitrogen and oxygen atoms in total. The number of rotatable bonds is 8. The van der Waals surface area contributed by atoms with Crippen LogP contribution in [0.15, 0.2) is 23.3 Å². The molecule has 1 atom stereocenters. The Morgan fingerprint density at radius 1 is 1.37 bits per heavy atom. The molecule has 152 valence electrons. The first-order valence-corrected chi connectivity index (χ1v) is 9.37. The highest BCUT2D eigenvalue weighted by Crippen LogP contribution is 2.34. The molecule has 9 heteroatoms. The van der Waals surface area contributed by atoms with Crippen LogP contribution in [0.3, 0.4) is 0 Å². The number of nitrogens with one attached hydrogen (secondary N) is 2. The molecule has 0 aromatic carbocycles. The van der Waals surface area contributed by atoms with Crippen molar-refractivity contribution in [3.8, 4) is 5.88 Å². The van der Waals surface area contributed by atoms with E-state index in [1.165, 1.54) is 18.7 Å². The molecule has 0 spiro atoms. The molecule has 0 aliphatic carbocycles. The monoisotopic (exact) mass is 387 g/mol. The van der Waals surface area contributed by atoms with Gasteiger partial charge in [-0.3, -0.25) is 9.89 Å². The zero-order valence-electron chi connectivity index (χ0n) is 15.9. The van der Waals surface area contributed by atoms with Crippen molar-refractivity contribution in [2.75, 3.05) is 39.3 Å². The van der Waals surface area contributed by atoms with Crippen LogP contribution in [-0.4, -0.2) is 61.2 Å². The third-order valence-corrected chi connectivity index (χ3v) is 4.42. The molecule has 0 saturated carbocycles. The van der Waals surface area contributed by atoms with E-state index >= 15 is 0 Å². The lowest BCUT2D eigenvalue weighted by atomic mass is 10.2. The van der Waals surface area contributed by atoms with E-state index in [-0.39, 0.29) is 6.61 Å². The molecular weight excluding hydrogens is 359 g/mol. The number of pyridine rings is 1. The number of ether oxygens (including phenoxy) is 1. The van der Waals surface area contributed by atoms with Crippen LogP contribution < -0.4 is 15.4 Å². The third-order valence-electron chi connectivity index (χ3n) is 4.42. The highest BCUT2D eigenvalue weighted by atomic mass is 19.4.